The van der Waals surface area contributed by atoms with Crippen LogP contribution in [0.25, 0.3) is 16.6 Å². The standard InChI is InChI=1S/C26H30N6O/c1-18-17-32-24(27-25(18)30-12-5-6-13-30)16-21(28-32)23-9-3-4-14-31(23)26(33)20-8-7-10-22-19(20)11-15-29(22)2/h7-8,10-11,15-17,23H,3-6,9,12-14H2,1-2H3/t23-/m0/s1. The average molecular weight is 443 g/mol. The maximum absolute atomic E-state index is 13.8. The minimum atomic E-state index is -0.0255. The van der Waals surface area contributed by atoms with Crippen molar-refractivity contribution >= 4 is 28.3 Å². The summed E-state index contributed by atoms with van der Waals surface area (Å²) in [5.41, 5.74) is 4.80. The van der Waals surface area contributed by atoms with Gasteiger partial charge in [0.15, 0.2) is 5.65 Å². The number of likely N-dealkylation sites (tertiary alicyclic amines) is 1. The molecule has 1 aromatic carbocycles. The Morgan fingerprint density at radius 3 is 2.73 bits per heavy atom. The van der Waals surface area contributed by atoms with Gasteiger partial charge in [0.2, 0.25) is 0 Å². The minimum absolute atomic E-state index is 0.0255. The molecule has 3 aromatic heterocycles. The van der Waals surface area contributed by atoms with Gasteiger partial charge in [-0.25, -0.2) is 9.50 Å². The van der Waals surface area contributed by atoms with Gasteiger partial charge in [-0.1, -0.05) is 6.07 Å². The van der Waals surface area contributed by atoms with Crippen LogP contribution in [0.1, 0.15) is 59.8 Å². The van der Waals surface area contributed by atoms with Crippen LogP contribution in [0.15, 0.2) is 42.7 Å². The molecule has 2 saturated heterocycles. The van der Waals surface area contributed by atoms with E-state index in [9.17, 15) is 4.79 Å². The Kier molecular flexibility index (Phi) is 4.85. The second-order valence-corrected chi connectivity index (χ2v) is 9.49. The molecular formula is C26H30N6O. The number of nitrogens with zero attached hydrogens (tertiary/aromatic N) is 6. The number of aryl methyl sites for hydroxylation is 2. The molecule has 0 radical (unpaired) electrons. The van der Waals surface area contributed by atoms with Gasteiger partial charge in [-0.2, -0.15) is 5.10 Å². The maximum Gasteiger partial charge on any atom is 0.255 e. The normalized spacial score (nSPS) is 19.2. The van der Waals surface area contributed by atoms with E-state index in [1.807, 2.05) is 40.9 Å². The van der Waals surface area contributed by atoms with E-state index in [0.29, 0.717) is 0 Å². The molecule has 7 heteroatoms. The highest BCUT2D eigenvalue weighted by atomic mass is 16.2. The molecule has 6 rings (SSSR count). The van der Waals surface area contributed by atoms with E-state index in [1.165, 1.54) is 12.8 Å². The molecule has 0 bridgehead atoms. The van der Waals surface area contributed by atoms with Crippen molar-refractivity contribution in [2.24, 2.45) is 7.05 Å². The predicted molar refractivity (Wildman–Crippen MR) is 130 cm³/mol. The topological polar surface area (TPSA) is 58.7 Å². The Hall–Kier alpha value is -3.35. The smallest absolute Gasteiger partial charge is 0.255 e. The lowest BCUT2D eigenvalue weighted by Gasteiger charge is -2.35. The quantitative estimate of drug-likeness (QED) is 0.469. The molecule has 0 aliphatic carbocycles. The Balaban J connectivity index is 1.37. The van der Waals surface area contributed by atoms with Crippen molar-refractivity contribution in [2.45, 2.75) is 45.1 Å². The summed E-state index contributed by atoms with van der Waals surface area (Å²) in [6, 6.07) is 10.1. The fourth-order valence-corrected chi connectivity index (χ4v) is 5.56. The van der Waals surface area contributed by atoms with Gasteiger partial charge in [-0.3, -0.25) is 4.79 Å². The molecule has 2 fully saturated rings. The fraction of sp³-hybridized carbons (Fsp3) is 0.423. The van der Waals surface area contributed by atoms with Crippen molar-refractivity contribution in [3.8, 4) is 0 Å². The second-order valence-electron chi connectivity index (χ2n) is 9.49. The fourth-order valence-electron chi connectivity index (χ4n) is 5.56. The molecule has 2 aliphatic rings. The zero-order chi connectivity index (χ0) is 22.5. The van der Waals surface area contributed by atoms with Crippen molar-refractivity contribution in [1.29, 1.82) is 0 Å². The molecule has 4 aromatic rings. The summed E-state index contributed by atoms with van der Waals surface area (Å²) in [5.74, 6) is 1.16. The third-order valence-corrected chi connectivity index (χ3v) is 7.29. The monoisotopic (exact) mass is 442 g/mol. The molecule has 0 N–H and O–H groups in total. The van der Waals surface area contributed by atoms with Crippen LogP contribution in [0.4, 0.5) is 5.82 Å². The first-order chi connectivity index (χ1) is 16.1. The minimum Gasteiger partial charge on any atom is -0.356 e. The number of carbonyl (C=O) groups is 1. The first kappa shape index (κ1) is 20.3. The van der Waals surface area contributed by atoms with Crippen molar-refractivity contribution in [1.82, 2.24) is 24.1 Å². The predicted octanol–water partition coefficient (Wildman–Crippen LogP) is 4.50. The summed E-state index contributed by atoms with van der Waals surface area (Å²) in [6.07, 6.45) is 9.61. The van der Waals surface area contributed by atoms with Crippen LogP contribution in [0.3, 0.4) is 0 Å². The van der Waals surface area contributed by atoms with Gasteiger partial charge < -0.3 is 14.4 Å². The molecule has 0 saturated carbocycles. The van der Waals surface area contributed by atoms with Crippen molar-refractivity contribution in [3.63, 3.8) is 0 Å². The number of hydrogen-bond donors (Lipinski definition) is 0. The van der Waals surface area contributed by atoms with E-state index >= 15 is 0 Å². The van der Waals surface area contributed by atoms with Gasteiger partial charge in [0.1, 0.15) is 5.82 Å². The molecular weight excluding hydrogens is 412 g/mol. The molecule has 1 atom stereocenters. The van der Waals surface area contributed by atoms with Gasteiger partial charge in [0.25, 0.3) is 5.91 Å². The van der Waals surface area contributed by atoms with Gasteiger partial charge in [-0.05, 0) is 57.2 Å². The molecule has 5 heterocycles. The highest BCUT2D eigenvalue weighted by molar-refractivity contribution is 6.06. The lowest BCUT2D eigenvalue weighted by atomic mass is 9.97. The number of carbonyl (C=O) groups excluding carboxylic acids is 1. The number of piperidine rings is 1. The summed E-state index contributed by atoms with van der Waals surface area (Å²) in [4.78, 5) is 23.1. The number of aromatic nitrogens is 4. The lowest BCUT2D eigenvalue weighted by molar-refractivity contribution is 0.0608. The number of rotatable bonds is 3. The number of amides is 1. The molecule has 0 unspecified atom stereocenters. The van der Waals surface area contributed by atoms with Crippen LogP contribution in [0.2, 0.25) is 0 Å². The Morgan fingerprint density at radius 2 is 1.88 bits per heavy atom. The summed E-state index contributed by atoms with van der Waals surface area (Å²) < 4.78 is 3.95. The van der Waals surface area contributed by atoms with Crippen molar-refractivity contribution in [2.75, 3.05) is 24.5 Å². The van der Waals surface area contributed by atoms with Crippen molar-refractivity contribution in [3.05, 3.63) is 59.5 Å². The Labute approximate surface area is 193 Å². The largest absolute Gasteiger partial charge is 0.356 e. The molecule has 33 heavy (non-hydrogen) atoms. The van der Waals surface area contributed by atoms with Crippen LogP contribution in [0, 0.1) is 6.92 Å². The van der Waals surface area contributed by atoms with E-state index < -0.39 is 0 Å². The van der Waals surface area contributed by atoms with E-state index in [0.717, 1.165) is 78.1 Å². The van der Waals surface area contributed by atoms with Crippen molar-refractivity contribution < 1.29 is 4.79 Å². The number of benzene rings is 1. The Bertz CT molecular complexity index is 1350. The van der Waals surface area contributed by atoms with Gasteiger partial charge in [0, 0.05) is 67.2 Å². The highest BCUT2D eigenvalue weighted by Gasteiger charge is 2.31. The van der Waals surface area contributed by atoms with Crippen LogP contribution < -0.4 is 4.90 Å². The van der Waals surface area contributed by atoms with Gasteiger partial charge >= 0.3 is 0 Å². The average Bonchev–Trinajstić information content (AvgIpc) is 3.58. The van der Waals surface area contributed by atoms with E-state index in [1.54, 1.807) is 0 Å². The molecule has 0 spiro atoms. The molecule has 170 valence electrons. The molecule has 7 nitrogen and oxygen atoms in total. The maximum atomic E-state index is 13.8. The Morgan fingerprint density at radius 1 is 1.06 bits per heavy atom. The highest BCUT2D eigenvalue weighted by Crippen LogP contribution is 2.34. The third-order valence-electron chi connectivity index (χ3n) is 7.29. The first-order valence-corrected chi connectivity index (χ1v) is 12.1. The summed E-state index contributed by atoms with van der Waals surface area (Å²) in [5, 5.41) is 5.91. The summed E-state index contributed by atoms with van der Waals surface area (Å²) in [6.45, 7) is 5.01. The molecule has 1 amide bonds. The number of fused-ring (bicyclic) bond motifs is 2. The van der Waals surface area contributed by atoms with Crippen LogP contribution in [0.5, 0.6) is 0 Å². The number of hydrogen-bond acceptors (Lipinski definition) is 4. The first-order valence-electron chi connectivity index (χ1n) is 12.1. The zero-order valence-corrected chi connectivity index (χ0v) is 19.4. The lowest BCUT2D eigenvalue weighted by Crippen LogP contribution is -2.38. The molecule has 2 aliphatic heterocycles. The summed E-state index contributed by atoms with van der Waals surface area (Å²) >= 11 is 0. The van der Waals surface area contributed by atoms with E-state index in [4.69, 9.17) is 10.1 Å². The second kappa shape index (κ2) is 7.90. The van der Waals surface area contributed by atoms with E-state index in [-0.39, 0.29) is 11.9 Å². The van der Waals surface area contributed by atoms with E-state index in [2.05, 4.69) is 34.7 Å². The third kappa shape index (κ3) is 3.37. The van der Waals surface area contributed by atoms with Gasteiger partial charge in [0.05, 0.1) is 11.7 Å². The SMILES string of the molecule is Cc1cn2nc([C@@H]3CCCCN3C(=O)c3cccc4c3ccn4C)cc2nc1N1CCCC1. The number of anilines is 1. The van der Waals surface area contributed by atoms with Gasteiger partial charge in [-0.15, -0.1) is 0 Å². The zero-order valence-electron chi connectivity index (χ0n) is 19.4. The summed E-state index contributed by atoms with van der Waals surface area (Å²) in [7, 11) is 2.02. The van der Waals surface area contributed by atoms with Crippen LogP contribution >= 0.6 is 0 Å². The van der Waals surface area contributed by atoms with Crippen LogP contribution in [-0.4, -0.2) is 49.6 Å². The van der Waals surface area contributed by atoms with Crippen LogP contribution in [-0.2, 0) is 7.05 Å².